The predicted molar refractivity (Wildman–Crippen MR) is 78.4 cm³/mol. The monoisotopic (exact) mass is 282 g/mol. The summed E-state index contributed by atoms with van der Waals surface area (Å²) in [5, 5.41) is 0. The molecule has 0 radical (unpaired) electrons. The van der Waals surface area contributed by atoms with E-state index in [1.807, 2.05) is 41.7 Å². The predicted octanol–water partition coefficient (Wildman–Crippen LogP) is 3.45. The Morgan fingerprint density at radius 3 is 2.62 bits per heavy atom. The van der Waals surface area contributed by atoms with Crippen LogP contribution in [-0.2, 0) is 4.74 Å². The molecule has 21 heavy (non-hydrogen) atoms. The van der Waals surface area contributed by atoms with Crippen LogP contribution in [0.5, 0.6) is 5.75 Å². The van der Waals surface area contributed by atoms with Crippen molar-refractivity contribution in [2.45, 2.75) is 6.92 Å². The highest BCUT2D eigenvalue weighted by Crippen LogP contribution is 2.25. The van der Waals surface area contributed by atoms with Gasteiger partial charge in [-0.15, -0.1) is 0 Å². The fourth-order valence-corrected chi connectivity index (χ4v) is 2.21. The van der Waals surface area contributed by atoms with Gasteiger partial charge in [0.05, 0.1) is 19.0 Å². The number of pyridine rings is 1. The summed E-state index contributed by atoms with van der Waals surface area (Å²) in [6, 6.07) is 13.4. The third-order valence-electron chi connectivity index (χ3n) is 3.25. The van der Waals surface area contributed by atoms with Gasteiger partial charge in [0.1, 0.15) is 5.65 Å². The number of carbonyl (C=O) groups is 1. The average Bonchev–Trinajstić information content (AvgIpc) is 2.85. The van der Waals surface area contributed by atoms with Crippen LogP contribution in [0.15, 0.2) is 48.7 Å². The van der Waals surface area contributed by atoms with Crippen LogP contribution < -0.4 is 4.74 Å². The van der Waals surface area contributed by atoms with Crippen LogP contribution in [0, 0.1) is 6.92 Å². The Morgan fingerprint density at radius 1 is 1.14 bits per heavy atom. The molecule has 0 saturated carbocycles. The van der Waals surface area contributed by atoms with Gasteiger partial charge in [0.15, 0.2) is 5.75 Å². The Hall–Kier alpha value is -2.82. The number of rotatable bonds is 2. The maximum Gasteiger partial charge on any atom is 0.513 e. The van der Waals surface area contributed by atoms with E-state index in [4.69, 9.17) is 4.74 Å². The molecule has 1 aromatic carbocycles. The van der Waals surface area contributed by atoms with Crippen molar-refractivity contribution < 1.29 is 14.3 Å². The number of ether oxygens (including phenoxy) is 2. The normalized spacial score (nSPS) is 10.6. The Kier molecular flexibility index (Phi) is 3.31. The molecule has 3 aromatic rings. The Bertz CT molecular complexity index is 794. The summed E-state index contributed by atoms with van der Waals surface area (Å²) in [7, 11) is 1.27. The van der Waals surface area contributed by atoms with Crippen molar-refractivity contribution in [1.82, 2.24) is 9.38 Å². The molecule has 2 heterocycles. The number of hydrogen-bond acceptors (Lipinski definition) is 4. The first-order valence-corrected chi connectivity index (χ1v) is 6.49. The lowest BCUT2D eigenvalue weighted by Crippen LogP contribution is -2.07. The maximum absolute atomic E-state index is 11.2. The zero-order chi connectivity index (χ0) is 14.8. The fraction of sp³-hybridized carbons (Fsp3) is 0.125. The van der Waals surface area contributed by atoms with Gasteiger partial charge in [-0.3, -0.25) is 4.40 Å². The second kappa shape index (κ2) is 5.28. The summed E-state index contributed by atoms with van der Waals surface area (Å²) < 4.78 is 11.4. The second-order valence-electron chi connectivity index (χ2n) is 4.56. The van der Waals surface area contributed by atoms with E-state index in [0.717, 1.165) is 22.6 Å². The molecule has 0 aliphatic heterocycles. The van der Waals surface area contributed by atoms with E-state index in [1.54, 1.807) is 18.3 Å². The highest BCUT2D eigenvalue weighted by molar-refractivity contribution is 5.67. The smallest absolute Gasteiger partial charge is 0.437 e. The molecule has 5 nitrogen and oxygen atoms in total. The molecule has 0 saturated heterocycles. The SMILES string of the molecule is COC(=O)Oc1ccc2nc(-c3ccccc3)c(C)n2c1. The largest absolute Gasteiger partial charge is 0.513 e. The van der Waals surface area contributed by atoms with Crippen LogP contribution in [0.25, 0.3) is 16.9 Å². The number of imidazole rings is 1. The molecule has 0 aliphatic rings. The van der Waals surface area contributed by atoms with Crippen molar-refractivity contribution in [2.75, 3.05) is 7.11 Å². The lowest BCUT2D eigenvalue weighted by Gasteiger charge is -2.04. The number of aromatic nitrogens is 2. The van der Waals surface area contributed by atoms with E-state index in [0.29, 0.717) is 5.75 Å². The van der Waals surface area contributed by atoms with E-state index >= 15 is 0 Å². The molecule has 5 heteroatoms. The number of methoxy groups -OCH3 is 1. The number of aryl methyl sites for hydroxylation is 1. The number of fused-ring (bicyclic) bond motifs is 1. The number of nitrogens with zero attached hydrogens (tertiary/aromatic N) is 2. The molecule has 106 valence electrons. The quantitative estimate of drug-likeness (QED) is 0.675. The van der Waals surface area contributed by atoms with Crippen molar-refractivity contribution in [2.24, 2.45) is 0 Å². The van der Waals surface area contributed by atoms with Gasteiger partial charge in [0.25, 0.3) is 0 Å². The third-order valence-corrected chi connectivity index (χ3v) is 3.25. The van der Waals surface area contributed by atoms with Crippen molar-refractivity contribution in [3.05, 3.63) is 54.4 Å². The lowest BCUT2D eigenvalue weighted by molar-refractivity contribution is 0.121. The molecule has 0 aliphatic carbocycles. The highest BCUT2D eigenvalue weighted by Gasteiger charge is 2.12. The summed E-state index contributed by atoms with van der Waals surface area (Å²) in [5.74, 6) is 0.412. The summed E-state index contributed by atoms with van der Waals surface area (Å²) in [5.41, 5.74) is 3.73. The Labute approximate surface area is 121 Å². The van der Waals surface area contributed by atoms with Gasteiger partial charge in [0, 0.05) is 11.3 Å². The van der Waals surface area contributed by atoms with Gasteiger partial charge in [-0.2, -0.15) is 0 Å². The Balaban J connectivity index is 2.06. The van der Waals surface area contributed by atoms with Crippen LogP contribution in [0.4, 0.5) is 4.79 Å². The standard InChI is InChI=1S/C16H14N2O3/c1-11-15(12-6-4-3-5-7-12)17-14-9-8-13(10-18(11)14)21-16(19)20-2/h3-10H,1-2H3. The second-order valence-corrected chi connectivity index (χ2v) is 4.56. The molecule has 0 amide bonds. The van der Waals surface area contributed by atoms with Crippen LogP contribution in [0.3, 0.4) is 0 Å². The van der Waals surface area contributed by atoms with E-state index in [2.05, 4.69) is 9.72 Å². The first-order valence-electron chi connectivity index (χ1n) is 6.49. The summed E-state index contributed by atoms with van der Waals surface area (Å²) in [6.45, 7) is 1.98. The van der Waals surface area contributed by atoms with Crippen molar-refractivity contribution in [1.29, 1.82) is 0 Å². The first kappa shape index (κ1) is 13.2. The molecule has 0 spiro atoms. The van der Waals surface area contributed by atoms with Crippen molar-refractivity contribution in [3.8, 4) is 17.0 Å². The fourth-order valence-electron chi connectivity index (χ4n) is 2.21. The van der Waals surface area contributed by atoms with E-state index in [-0.39, 0.29) is 0 Å². The molecule has 2 aromatic heterocycles. The molecule has 0 N–H and O–H groups in total. The Morgan fingerprint density at radius 2 is 1.90 bits per heavy atom. The van der Waals surface area contributed by atoms with Gasteiger partial charge in [-0.1, -0.05) is 30.3 Å². The minimum Gasteiger partial charge on any atom is -0.437 e. The lowest BCUT2D eigenvalue weighted by atomic mass is 10.1. The van der Waals surface area contributed by atoms with Crippen LogP contribution in [0.1, 0.15) is 5.69 Å². The highest BCUT2D eigenvalue weighted by atomic mass is 16.7. The van der Waals surface area contributed by atoms with E-state index in [1.165, 1.54) is 7.11 Å². The van der Waals surface area contributed by atoms with Crippen molar-refractivity contribution in [3.63, 3.8) is 0 Å². The van der Waals surface area contributed by atoms with Crippen LogP contribution in [0.2, 0.25) is 0 Å². The van der Waals surface area contributed by atoms with Crippen LogP contribution in [-0.4, -0.2) is 22.6 Å². The molecule has 0 atom stereocenters. The minimum absolute atomic E-state index is 0.412. The summed E-state index contributed by atoms with van der Waals surface area (Å²) in [6.07, 6.45) is 0.983. The van der Waals surface area contributed by atoms with Gasteiger partial charge in [0.2, 0.25) is 0 Å². The zero-order valence-electron chi connectivity index (χ0n) is 11.7. The molecule has 0 unspecified atom stereocenters. The number of hydrogen-bond donors (Lipinski definition) is 0. The van der Waals surface area contributed by atoms with E-state index < -0.39 is 6.16 Å². The minimum atomic E-state index is -0.740. The summed E-state index contributed by atoms with van der Waals surface area (Å²) >= 11 is 0. The molecular formula is C16H14N2O3. The van der Waals surface area contributed by atoms with E-state index in [9.17, 15) is 4.79 Å². The van der Waals surface area contributed by atoms with Gasteiger partial charge in [-0.05, 0) is 19.1 Å². The summed E-state index contributed by atoms with van der Waals surface area (Å²) in [4.78, 5) is 15.8. The number of carbonyl (C=O) groups excluding carboxylic acids is 1. The average molecular weight is 282 g/mol. The van der Waals surface area contributed by atoms with Crippen molar-refractivity contribution >= 4 is 11.8 Å². The molecule has 0 bridgehead atoms. The van der Waals surface area contributed by atoms with Gasteiger partial charge in [-0.25, -0.2) is 9.78 Å². The molecule has 3 rings (SSSR count). The topological polar surface area (TPSA) is 52.8 Å². The number of benzene rings is 1. The zero-order valence-corrected chi connectivity index (χ0v) is 11.7. The molecule has 0 fully saturated rings. The third kappa shape index (κ3) is 2.45. The van der Waals surface area contributed by atoms with Gasteiger partial charge < -0.3 is 9.47 Å². The van der Waals surface area contributed by atoms with Crippen LogP contribution >= 0.6 is 0 Å². The van der Waals surface area contributed by atoms with Gasteiger partial charge >= 0.3 is 6.16 Å². The maximum atomic E-state index is 11.2. The molecular weight excluding hydrogens is 268 g/mol. The first-order chi connectivity index (χ1) is 10.2.